The maximum atomic E-state index is 12.1. The quantitative estimate of drug-likeness (QED) is 0.906. The predicted octanol–water partition coefficient (Wildman–Crippen LogP) is 2.54. The molecule has 0 radical (unpaired) electrons. The molecule has 6 nitrogen and oxygen atoms in total. The number of carbonyl (C=O) groups is 1. The van der Waals surface area contributed by atoms with E-state index >= 15 is 0 Å². The standard InChI is InChI=1S/C19H24N4O2/c1-13-2-4-14(5-3-13)18-21-17(25-22-18)12-23-10-8-15(9-11-23)19(24)20-16-6-7-16/h2-5,15-16H,6-12H2,1H3,(H,20,24). The molecule has 4 rings (SSSR count). The van der Waals surface area contributed by atoms with Crippen molar-refractivity contribution in [3.8, 4) is 11.4 Å². The van der Waals surface area contributed by atoms with Gasteiger partial charge in [-0.3, -0.25) is 9.69 Å². The number of nitrogens with zero attached hydrogens (tertiary/aromatic N) is 3. The highest BCUT2D eigenvalue weighted by Crippen LogP contribution is 2.23. The van der Waals surface area contributed by atoms with Gasteiger partial charge in [0, 0.05) is 17.5 Å². The van der Waals surface area contributed by atoms with Gasteiger partial charge in [0.2, 0.25) is 17.6 Å². The maximum absolute atomic E-state index is 12.1. The molecular formula is C19H24N4O2. The third-order valence-corrected chi connectivity index (χ3v) is 5.02. The molecule has 0 spiro atoms. The summed E-state index contributed by atoms with van der Waals surface area (Å²) in [7, 11) is 0. The smallest absolute Gasteiger partial charge is 0.241 e. The van der Waals surface area contributed by atoms with Crippen LogP contribution in [0.15, 0.2) is 28.8 Å². The molecule has 0 atom stereocenters. The van der Waals surface area contributed by atoms with Crippen molar-refractivity contribution < 1.29 is 9.32 Å². The molecule has 2 fully saturated rings. The number of aromatic nitrogens is 2. The zero-order valence-corrected chi connectivity index (χ0v) is 14.6. The van der Waals surface area contributed by atoms with Crippen LogP contribution in [0.1, 0.15) is 37.1 Å². The van der Waals surface area contributed by atoms with E-state index in [9.17, 15) is 4.79 Å². The molecule has 1 saturated heterocycles. The molecule has 6 heteroatoms. The van der Waals surface area contributed by atoms with E-state index in [4.69, 9.17) is 4.52 Å². The number of carbonyl (C=O) groups excluding carboxylic acids is 1. The molecule has 2 heterocycles. The van der Waals surface area contributed by atoms with Crippen molar-refractivity contribution in [1.29, 1.82) is 0 Å². The molecule has 1 aromatic heterocycles. The van der Waals surface area contributed by atoms with Crippen LogP contribution < -0.4 is 5.32 Å². The summed E-state index contributed by atoms with van der Waals surface area (Å²) < 4.78 is 5.41. The van der Waals surface area contributed by atoms with Crippen molar-refractivity contribution in [3.63, 3.8) is 0 Å². The second-order valence-corrected chi connectivity index (χ2v) is 7.21. The molecule has 1 aliphatic heterocycles. The lowest BCUT2D eigenvalue weighted by molar-refractivity contribution is -0.126. The Bertz CT molecular complexity index is 728. The molecule has 0 unspecified atom stereocenters. The van der Waals surface area contributed by atoms with Crippen LogP contribution in [0, 0.1) is 12.8 Å². The highest BCUT2D eigenvalue weighted by molar-refractivity contribution is 5.79. The van der Waals surface area contributed by atoms with Crippen LogP contribution in [0.4, 0.5) is 0 Å². The van der Waals surface area contributed by atoms with Gasteiger partial charge < -0.3 is 9.84 Å². The first kappa shape index (κ1) is 16.3. The number of nitrogens with one attached hydrogen (secondary N) is 1. The van der Waals surface area contributed by atoms with E-state index in [1.54, 1.807) is 0 Å². The van der Waals surface area contributed by atoms with Crippen molar-refractivity contribution in [2.45, 2.75) is 45.2 Å². The van der Waals surface area contributed by atoms with Crippen molar-refractivity contribution in [2.75, 3.05) is 13.1 Å². The molecule has 2 aromatic rings. The Kier molecular flexibility index (Phi) is 4.53. The van der Waals surface area contributed by atoms with Gasteiger partial charge in [-0.15, -0.1) is 0 Å². The lowest BCUT2D eigenvalue weighted by Gasteiger charge is -2.30. The Morgan fingerprint density at radius 1 is 1.20 bits per heavy atom. The van der Waals surface area contributed by atoms with Crippen LogP contribution in [0.2, 0.25) is 0 Å². The van der Waals surface area contributed by atoms with Crippen LogP contribution in [0.25, 0.3) is 11.4 Å². The van der Waals surface area contributed by atoms with Crippen molar-refractivity contribution in [2.24, 2.45) is 5.92 Å². The Morgan fingerprint density at radius 2 is 1.92 bits per heavy atom. The maximum Gasteiger partial charge on any atom is 0.241 e. The first-order chi connectivity index (χ1) is 12.2. The molecular weight excluding hydrogens is 316 g/mol. The number of piperidine rings is 1. The minimum atomic E-state index is 0.155. The van der Waals surface area contributed by atoms with Gasteiger partial charge in [0.15, 0.2) is 0 Å². The lowest BCUT2D eigenvalue weighted by Crippen LogP contribution is -2.40. The van der Waals surface area contributed by atoms with E-state index in [0.717, 1.165) is 44.3 Å². The summed E-state index contributed by atoms with van der Waals surface area (Å²) in [6, 6.07) is 8.55. The number of benzene rings is 1. The van der Waals surface area contributed by atoms with Crippen LogP contribution in [0.3, 0.4) is 0 Å². The van der Waals surface area contributed by atoms with Crippen molar-refractivity contribution >= 4 is 5.91 Å². The molecule has 25 heavy (non-hydrogen) atoms. The summed E-state index contributed by atoms with van der Waals surface area (Å²) in [5, 5.41) is 7.20. The first-order valence-corrected chi connectivity index (χ1v) is 9.10. The van der Waals surface area contributed by atoms with Crippen LogP contribution in [0.5, 0.6) is 0 Å². The number of likely N-dealkylation sites (tertiary alicyclic amines) is 1. The summed E-state index contributed by atoms with van der Waals surface area (Å²) in [5.74, 6) is 1.66. The molecule has 2 aliphatic rings. The summed E-state index contributed by atoms with van der Waals surface area (Å²) in [6.45, 7) is 4.49. The highest BCUT2D eigenvalue weighted by Gasteiger charge is 2.30. The van der Waals surface area contributed by atoms with Gasteiger partial charge in [0.25, 0.3) is 0 Å². The largest absolute Gasteiger partial charge is 0.353 e. The third-order valence-electron chi connectivity index (χ3n) is 5.02. The predicted molar refractivity (Wildman–Crippen MR) is 93.6 cm³/mol. The second-order valence-electron chi connectivity index (χ2n) is 7.21. The first-order valence-electron chi connectivity index (χ1n) is 9.10. The molecule has 1 N–H and O–H groups in total. The van der Waals surface area contributed by atoms with Gasteiger partial charge in [0.05, 0.1) is 6.54 Å². The molecule has 1 saturated carbocycles. The fourth-order valence-corrected chi connectivity index (χ4v) is 3.23. The average molecular weight is 340 g/mol. The van der Waals surface area contributed by atoms with Crippen LogP contribution >= 0.6 is 0 Å². The number of amides is 1. The Hall–Kier alpha value is -2.21. The highest BCUT2D eigenvalue weighted by atomic mass is 16.5. The van der Waals surface area contributed by atoms with E-state index < -0.39 is 0 Å². The van der Waals surface area contributed by atoms with Crippen LogP contribution in [-0.2, 0) is 11.3 Å². The summed E-state index contributed by atoms with van der Waals surface area (Å²) in [4.78, 5) is 18.9. The van der Waals surface area contributed by atoms with E-state index in [1.165, 1.54) is 5.56 Å². The fourth-order valence-electron chi connectivity index (χ4n) is 3.23. The molecule has 1 aliphatic carbocycles. The monoisotopic (exact) mass is 340 g/mol. The minimum absolute atomic E-state index is 0.155. The second kappa shape index (κ2) is 6.96. The molecule has 132 valence electrons. The molecule has 1 amide bonds. The zero-order valence-electron chi connectivity index (χ0n) is 14.6. The summed E-state index contributed by atoms with van der Waals surface area (Å²) in [5.41, 5.74) is 2.18. The van der Waals surface area contributed by atoms with Crippen LogP contribution in [-0.4, -0.2) is 40.1 Å². The summed E-state index contributed by atoms with van der Waals surface area (Å²) >= 11 is 0. The summed E-state index contributed by atoms with van der Waals surface area (Å²) in [6.07, 6.45) is 4.09. The van der Waals surface area contributed by atoms with Gasteiger partial charge >= 0.3 is 0 Å². The SMILES string of the molecule is Cc1ccc(-c2noc(CN3CCC(C(=O)NC4CC4)CC3)n2)cc1. The normalized spacial score (nSPS) is 19.1. The van der Waals surface area contributed by atoms with Gasteiger partial charge in [-0.25, -0.2) is 0 Å². The molecule has 0 bridgehead atoms. The molecule has 1 aromatic carbocycles. The van der Waals surface area contributed by atoms with Gasteiger partial charge in [0.1, 0.15) is 0 Å². The third kappa shape index (κ3) is 4.07. The number of hydrogen-bond donors (Lipinski definition) is 1. The Labute approximate surface area is 147 Å². The Morgan fingerprint density at radius 3 is 2.60 bits per heavy atom. The van der Waals surface area contributed by atoms with E-state index in [-0.39, 0.29) is 11.8 Å². The fraction of sp³-hybridized carbons (Fsp3) is 0.526. The average Bonchev–Trinajstić information content (AvgIpc) is 3.32. The number of rotatable bonds is 5. The minimum Gasteiger partial charge on any atom is -0.353 e. The lowest BCUT2D eigenvalue weighted by atomic mass is 9.96. The van der Waals surface area contributed by atoms with Gasteiger partial charge in [-0.1, -0.05) is 35.0 Å². The van der Waals surface area contributed by atoms with E-state index in [1.807, 2.05) is 24.3 Å². The van der Waals surface area contributed by atoms with Crippen molar-refractivity contribution in [1.82, 2.24) is 20.4 Å². The van der Waals surface area contributed by atoms with E-state index in [2.05, 4.69) is 27.3 Å². The van der Waals surface area contributed by atoms with Crippen molar-refractivity contribution in [3.05, 3.63) is 35.7 Å². The van der Waals surface area contributed by atoms with Gasteiger partial charge in [-0.05, 0) is 45.7 Å². The topological polar surface area (TPSA) is 71.3 Å². The number of aryl methyl sites for hydroxylation is 1. The van der Waals surface area contributed by atoms with E-state index in [0.29, 0.717) is 24.3 Å². The zero-order chi connectivity index (χ0) is 17.2. The van der Waals surface area contributed by atoms with Gasteiger partial charge in [-0.2, -0.15) is 4.98 Å². The Balaban J connectivity index is 1.30. The number of hydrogen-bond acceptors (Lipinski definition) is 5.